The van der Waals surface area contributed by atoms with Crippen molar-refractivity contribution in [3.8, 4) is 0 Å². The predicted octanol–water partition coefficient (Wildman–Crippen LogP) is 0.265. The van der Waals surface area contributed by atoms with Crippen LogP contribution in [-0.4, -0.2) is 128 Å². The molecule has 2 aromatic rings. The van der Waals surface area contributed by atoms with Gasteiger partial charge in [-0.2, -0.15) is 0 Å². The summed E-state index contributed by atoms with van der Waals surface area (Å²) in [5.74, 6) is 0. The number of hydrogen-bond donors (Lipinski definition) is 6. The lowest BCUT2D eigenvalue weighted by Crippen LogP contribution is -2.54. The maximum Gasteiger partial charge on any atom is 0.0991 e. The molecule has 4 heterocycles. The highest BCUT2D eigenvalue weighted by Gasteiger charge is 2.50. The number of piperidine rings is 2. The molecule has 0 aromatic heterocycles. The third-order valence-corrected chi connectivity index (χ3v) is 9.21. The molecule has 42 heavy (non-hydrogen) atoms. The summed E-state index contributed by atoms with van der Waals surface area (Å²) in [7, 11) is 0. The molecule has 232 valence electrons. The van der Waals surface area contributed by atoms with Gasteiger partial charge >= 0.3 is 0 Å². The molecule has 0 bridgehead atoms. The second-order valence-electron chi connectivity index (χ2n) is 12.1. The van der Waals surface area contributed by atoms with Crippen LogP contribution in [0.15, 0.2) is 60.7 Å². The lowest BCUT2D eigenvalue weighted by Gasteiger charge is -2.40. The van der Waals surface area contributed by atoms with Gasteiger partial charge in [-0.1, -0.05) is 60.7 Å². The number of nitrogens with zero attached hydrogens (tertiary/aromatic N) is 2. The number of hydrogen-bond acceptors (Lipinski definition) is 10. The van der Waals surface area contributed by atoms with Crippen molar-refractivity contribution in [2.45, 2.75) is 99.7 Å². The van der Waals surface area contributed by atoms with Gasteiger partial charge in [0.15, 0.2) is 0 Å². The summed E-state index contributed by atoms with van der Waals surface area (Å²) >= 11 is 0. The highest BCUT2D eigenvalue weighted by Crippen LogP contribution is 2.33. The van der Waals surface area contributed by atoms with Crippen molar-refractivity contribution in [1.82, 2.24) is 9.80 Å². The van der Waals surface area contributed by atoms with E-state index in [1.54, 1.807) is 0 Å². The van der Waals surface area contributed by atoms with Crippen LogP contribution in [-0.2, 0) is 22.7 Å². The maximum absolute atomic E-state index is 10.0. The molecule has 2 aromatic carbocycles. The quantitative estimate of drug-likeness (QED) is 0.255. The van der Waals surface area contributed by atoms with Crippen molar-refractivity contribution in [2.75, 3.05) is 26.3 Å². The Balaban J connectivity index is 0.000000168. The molecule has 0 aliphatic carbocycles. The Kier molecular flexibility index (Phi) is 11.0. The van der Waals surface area contributed by atoms with Gasteiger partial charge in [0.2, 0.25) is 0 Å². The first-order valence-electron chi connectivity index (χ1n) is 15.2. The molecule has 0 radical (unpaired) electrons. The fourth-order valence-electron chi connectivity index (χ4n) is 6.95. The van der Waals surface area contributed by atoms with Gasteiger partial charge in [0.25, 0.3) is 0 Å². The van der Waals surface area contributed by atoms with Crippen molar-refractivity contribution in [3.05, 3.63) is 71.8 Å². The van der Waals surface area contributed by atoms with Crippen LogP contribution in [0.2, 0.25) is 0 Å². The molecule has 0 saturated carbocycles. The summed E-state index contributed by atoms with van der Waals surface area (Å²) in [5.41, 5.74) is 2.26. The molecule has 6 N–H and O–H groups in total. The van der Waals surface area contributed by atoms with Gasteiger partial charge < -0.3 is 40.1 Å². The molecule has 0 amide bonds. The lowest BCUT2D eigenvalue weighted by molar-refractivity contribution is -0.0628. The molecule has 10 atom stereocenters. The summed E-state index contributed by atoms with van der Waals surface area (Å²) < 4.78 is 11.6. The highest BCUT2D eigenvalue weighted by atomic mass is 16.5. The summed E-state index contributed by atoms with van der Waals surface area (Å²) in [6, 6.07) is 19.6. The molecular formula is C32H46N2O8. The van der Waals surface area contributed by atoms with Crippen LogP contribution in [0.3, 0.4) is 0 Å². The summed E-state index contributed by atoms with van der Waals surface area (Å²) in [4.78, 5) is 4.02. The molecular weight excluding hydrogens is 540 g/mol. The fraction of sp³-hybridized carbons (Fsp3) is 0.625. The Morgan fingerprint density at radius 3 is 1.29 bits per heavy atom. The number of benzene rings is 2. The largest absolute Gasteiger partial charge is 0.391 e. The third kappa shape index (κ3) is 7.39. The van der Waals surface area contributed by atoms with E-state index in [2.05, 4.69) is 0 Å². The van der Waals surface area contributed by atoms with E-state index in [-0.39, 0.29) is 24.2 Å². The zero-order valence-electron chi connectivity index (χ0n) is 24.0. The fourth-order valence-corrected chi connectivity index (χ4v) is 6.95. The van der Waals surface area contributed by atoms with Crippen LogP contribution >= 0.6 is 0 Å². The van der Waals surface area contributed by atoms with Crippen molar-refractivity contribution in [3.63, 3.8) is 0 Å². The van der Waals surface area contributed by atoms with Crippen LogP contribution in [0.25, 0.3) is 0 Å². The minimum atomic E-state index is -0.864. The molecule has 10 nitrogen and oxygen atoms in total. The average molecular weight is 587 g/mol. The molecule has 4 fully saturated rings. The van der Waals surface area contributed by atoms with Crippen LogP contribution < -0.4 is 0 Å². The van der Waals surface area contributed by atoms with E-state index < -0.39 is 36.6 Å². The van der Waals surface area contributed by atoms with E-state index in [0.717, 1.165) is 24.0 Å². The Bertz CT molecular complexity index is 995. The van der Waals surface area contributed by atoms with E-state index in [9.17, 15) is 30.6 Å². The van der Waals surface area contributed by atoms with E-state index in [4.69, 9.17) is 9.47 Å². The SMILES string of the molecule is OC1CCC(COCc2ccccc2)N2C[C@H](O)C(O)[C@@H]12.O[C@@H]1CC[C@H](COCc2ccccc2)N2C[C@@H](O)[C@@H](O)C12. The minimum Gasteiger partial charge on any atom is -0.391 e. The van der Waals surface area contributed by atoms with Crippen molar-refractivity contribution < 1.29 is 40.1 Å². The van der Waals surface area contributed by atoms with Gasteiger partial charge in [0, 0.05) is 25.2 Å². The molecule has 10 heteroatoms. The summed E-state index contributed by atoms with van der Waals surface area (Å²) in [6.45, 7) is 3.03. The lowest BCUT2D eigenvalue weighted by atomic mass is 9.92. The standard InChI is InChI=1S/2C16H23NO4/c2*18-13-7-6-12(17-8-14(19)16(20)15(13)17)10-21-9-11-4-2-1-3-5-11/h2*1-5,12-16,18-20H,6-10H2/t12?,13?,14-,15+,16?;12-,13-,14-,15?,16-/m01/s1. The predicted molar refractivity (Wildman–Crippen MR) is 155 cm³/mol. The zero-order valence-corrected chi connectivity index (χ0v) is 24.0. The number of fused-ring (bicyclic) bond motifs is 2. The Labute approximate surface area is 247 Å². The van der Waals surface area contributed by atoms with E-state index >= 15 is 0 Å². The van der Waals surface area contributed by atoms with Crippen molar-refractivity contribution in [2.24, 2.45) is 0 Å². The second kappa shape index (κ2) is 14.7. The Morgan fingerprint density at radius 1 is 0.524 bits per heavy atom. The van der Waals surface area contributed by atoms with E-state index in [0.29, 0.717) is 52.4 Å². The third-order valence-electron chi connectivity index (χ3n) is 9.21. The van der Waals surface area contributed by atoms with Crippen molar-refractivity contribution in [1.29, 1.82) is 0 Å². The minimum absolute atomic E-state index is 0.147. The van der Waals surface area contributed by atoms with Gasteiger partial charge in [-0.05, 0) is 36.8 Å². The van der Waals surface area contributed by atoms with Crippen LogP contribution in [0.1, 0.15) is 36.8 Å². The highest BCUT2D eigenvalue weighted by molar-refractivity contribution is 5.14. The van der Waals surface area contributed by atoms with E-state index in [1.165, 1.54) is 0 Å². The normalized spacial score (nSPS) is 36.6. The summed E-state index contributed by atoms with van der Waals surface area (Å²) in [6.07, 6.45) is -1.48. The first kappa shape index (κ1) is 31.5. The molecule has 4 aliphatic heterocycles. The second-order valence-corrected chi connectivity index (χ2v) is 12.1. The van der Waals surface area contributed by atoms with Crippen LogP contribution in [0.4, 0.5) is 0 Å². The van der Waals surface area contributed by atoms with Crippen LogP contribution in [0.5, 0.6) is 0 Å². The Hall–Kier alpha value is -1.96. The number of ether oxygens (including phenoxy) is 2. The molecule has 4 unspecified atom stereocenters. The van der Waals surface area contributed by atoms with Gasteiger partial charge in [0.1, 0.15) is 0 Å². The monoisotopic (exact) mass is 586 g/mol. The van der Waals surface area contributed by atoms with Crippen molar-refractivity contribution >= 4 is 0 Å². The maximum atomic E-state index is 10.0. The number of aliphatic hydroxyl groups excluding tert-OH is 6. The van der Waals surface area contributed by atoms with Gasteiger partial charge in [-0.25, -0.2) is 0 Å². The first-order chi connectivity index (χ1) is 20.3. The molecule has 6 rings (SSSR count). The van der Waals surface area contributed by atoms with Gasteiger partial charge in [0.05, 0.1) is 75.1 Å². The number of aliphatic hydroxyl groups is 6. The average Bonchev–Trinajstić information content (AvgIpc) is 3.48. The molecule has 4 saturated heterocycles. The Morgan fingerprint density at radius 2 is 0.905 bits per heavy atom. The van der Waals surface area contributed by atoms with Gasteiger partial charge in [-0.3, -0.25) is 9.80 Å². The molecule has 0 spiro atoms. The first-order valence-corrected chi connectivity index (χ1v) is 15.2. The smallest absolute Gasteiger partial charge is 0.0991 e. The van der Waals surface area contributed by atoms with Gasteiger partial charge in [-0.15, -0.1) is 0 Å². The topological polar surface area (TPSA) is 146 Å². The summed E-state index contributed by atoms with van der Waals surface area (Å²) in [5, 5.41) is 59.7. The number of rotatable bonds is 8. The zero-order chi connectivity index (χ0) is 29.6. The molecule has 4 aliphatic rings. The van der Waals surface area contributed by atoms with E-state index in [1.807, 2.05) is 70.5 Å². The van der Waals surface area contributed by atoms with Crippen LogP contribution in [0, 0.1) is 0 Å².